The monoisotopic (exact) mass is 85.1 g/mol. The van der Waals surface area contributed by atoms with Crippen LogP contribution in [0, 0.1) is 0 Å². The molecule has 1 nitrogen and oxygen atoms in total. The van der Waals surface area contributed by atoms with E-state index in [1.807, 2.05) is 0 Å². The summed E-state index contributed by atoms with van der Waals surface area (Å²) >= 11 is 0. The summed E-state index contributed by atoms with van der Waals surface area (Å²) in [5.41, 5.74) is 0. The van der Waals surface area contributed by atoms with E-state index in [0.29, 0.717) is 0 Å². The second-order valence-electron chi connectivity index (χ2n) is 0.845. The zero-order valence-corrected chi connectivity index (χ0v) is 3.14. The topological polar surface area (TPSA) is 9.23 Å². The first-order valence-electron chi connectivity index (χ1n) is 3.21. The highest BCUT2D eigenvalue weighted by Gasteiger charge is 1.75. The van der Waals surface area contributed by atoms with Crippen LogP contribution in [0.2, 0.25) is 0 Å². The molecule has 1 unspecified atom stereocenters. The Hall–Kier alpha value is -0.720. The zero-order valence-electron chi connectivity index (χ0n) is 6.14. The highest BCUT2D eigenvalue weighted by Crippen LogP contribution is 1.87. The smallest absolute Gasteiger partial charge is 0.106 e. The average Bonchev–Trinajstić information content (AvgIpc) is 1.83. The third kappa shape index (κ3) is 0.612. The maximum Gasteiger partial charge on any atom is 0.106 e. The minimum atomic E-state index is -0.998. The van der Waals surface area contributed by atoms with Gasteiger partial charge in [-0.3, -0.25) is 0 Å². The maximum absolute atomic E-state index is 7.01. The first-order chi connectivity index (χ1) is 4.22. The molecule has 1 heteroatoms. The number of allylic oxidation sites excluding steroid dienone is 2. The lowest BCUT2D eigenvalue weighted by Gasteiger charge is -1.94. The van der Waals surface area contributed by atoms with Gasteiger partial charge in [-0.25, -0.2) is 0 Å². The van der Waals surface area contributed by atoms with E-state index in [1.54, 1.807) is 0 Å². The molecule has 0 fully saturated rings. The fraction of sp³-hybridized carbons (Fsp3) is 0.200. The number of ether oxygens (including phenoxy) is 1. The van der Waals surface area contributed by atoms with Crippen molar-refractivity contribution in [3.05, 3.63) is 24.4 Å². The molecule has 0 spiro atoms. The SMILES string of the molecule is [2H]C1=C([2H])C([2H])OC=C1. The second kappa shape index (κ2) is 1.65. The minimum Gasteiger partial charge on any atom is -0.497 e. The molecule has 0 N–H and O–H groups in total. The third-order valence-electron chi connectivity index (χ3n) is 0.440. The van der Waals surface area contributed by atoms with Crippen molar-refractivity contribution in [2.75, 3.05) is 6.58 Å². The molecule has 1 rings (SSSR count). The van der Waals surface area contributed by atoms with Gasteiger partial charge in [-0.05, 0) is 12.1 Å². The molecule has 0 saturated carbocycles. The molecule has 0 aromatic carbocycles. The molecule has 6 heavy (non-hydrogen) atoms. The molecular formula is C5H6O. The van der Waals surface area contributed by atoms with E-state index in [-0.39, 0.29) is 12.1 Å². The van der Waals surface area contributed by atoms with Crippen LogP contribution in [-0.4, -0.2) is 6.58 Å². The van der Waals surface area contributed by atoms with Crippen LogP contribution in [0.4, 0.5) is 0 Å². The van der Waals surface area contributed by atoms with Gasteiger partial charge in [0.1, 0.15) is 6.58 Å². The Morgan fingerprint density at radius 3 is 3.67 bits per heavy atom. The Kier molecular flexibility index (Phi) is 0.388. The average molecular weight is 85.1 g/mol. The van der Waals surface area contributed by atoms with Gasteiger partial charge in [0.15, 0.2) is 0 Å². The van der Waals surface area contributed by atoms with Gasteiger partial charge < -0.3 is 4.74 Å². The van der Waals surface area contributed by atoms with Gasteiger partial charge in [-0.2, -0.15) is 0 Å². The summed E-state index contributed by atoms with van der Waals surface area (Å²) in [7, 11) is 0. The summed E-state index contributed by atoms with van der Waals surface area (Å²) in [6.07, 6.45) is 2.62. The molecule has 0 radical (unpaired) electrons. The van der Waals surface area contributed by atoms with Crippen LogP contribution in [0.3, 0.4) is 0 Å². The highest BCUT2D eigenvalue weighted by molar-refractivity contribution is 5.02. The van der Waals surface area contributed by atoms with E-state index in [1.165, 1.54) is 12.3 Å². The van der Waals surface area contributed by atoms with Gasteiger partial charge in [-0.1, -0.05) is 6.05 Å². The van der Waals surface area contributed by atoms with Crippen LogP contribution in [0.5, 0.6) is 0 Å². The molecule has 0 aromatic heterocycles. The normalized spacial score (nSPS) is 40.0. The summed E-state index contributed by atoms with van der Waals surface area (Å²) in [5, 5.41) is 0. The van der Waals surface area contributed by atoms with E-state index < -0.39 is 6.58 Å². The Bertz CT molecular complexity index is 173. The van der Waals surface area contributed by atoms with E-state index in [2.05, 4.69) is 4.74 Å². The lowest BCUT2D eigenvalue weighted by Crippen LogP contribution is -1.82. The number of hydrogen-bond donors (Lipinski definition) is 0. The molecule has 0 amide bonds. The quantitative estimate of drug-likeness (QED) is 0.427. The van der Waals surface area contributed by atoms with E-state index in [4.69, 9.17) is 4.11 Å². The Labute approximate surface area is 41.1 Å². The summed E-state index contributed by atoms with van der Waals surface area (Å²) in [6, 6.07) is -0.0289. The summed E-state index contributed by atoms with van der Waals surface area (Å²) in [6.45, 7) is -0.998. The Morgan fingerprint density at radius 2 is 3.00 bits per heavy atom. The summed E-state index contributed by atoms with van der Waals surface area (Å²) in [5.74, 6) is 0. The molecular weight excluding hydrogens is 76.1 g/mol. The molecule has 0 aromatic rings. The van der Waals surface area contributed by atoms with Crippen LogP contribution in [0.25, 0.3) is 0 Å². The van der Waals surface area contributed by atoms with Gasteiger partial charge in [0.2, 0.25) is 0 Å². The van der Waals surface area contributed by atoms with Crippen molar-refractivity contribution in [2.45, 2.75) is 0 Å². The molecule has 1 atom stereocenters. The lowest BCUT2D eigenvalue weighted by atomic mass is 10.5. The lowest BCUT2D eigenvalue weighted by molar-refractivity contribution is 0.286. The first kappa shape index (κ1) is 1.41. The van der Waals surface area contributed by atoms with Crippen molar-refractivity contribution in [1.82, 2.24) is 0 Å². The Balaban J connectivity index is 2.83. The molecule has 1 aliphatic heterocycles. The van der Waals surface area contributed by atoms with E-state index in [9.17, 15) is 0 Å². The summed E-state index contributed by atoms with van der Waals surface area (Å²) < 4.78 is 25.6. The van der Waals surface area contributed by atoms with Gasteiger partial charge in [0.25, 0.3) is 0 Å². The van der Waals surface area contributed by atoms with E-state index in [0.717, 1.165) is 0 Å². The summed E-state index contributed by atoms with van der Waals surface area (Å²) in [4.78, 5) is 0. The van der Waals surface area contributed by atoms with Crippen molar-refractivity contribution in [2.24, 2.45) is 0 Å². The molecule has 0 bridgehead atoms. The van der Waals surface area contributed by atoms with Crippen LogP contribution < -0.4 is 0 Å². The highest BCUT2D eigenvalue weighted by atomic mass is 16.5. The van der Waals surface area contributed by atoms with Crippen LogP contribution in [0.1, 0.15) is 4.11 Å². The standard InChI is InChI=1S/C5H6O/c1-2-4-6-5-3-1/h1-4H,5H2/i1D,3D,5D. The van der Waals surface area contributed by atoms with Crippen molar-refractivity contribution in [3.8, 4) is 0 Å². The second-order valence-corrected chi connectivity index (χ2v) is 0.845. The van der Waals surface area contributed by atoms with Crippen molar-refractivity contribution in [1.29, 1.82) is 0 Å². The fourth-order valence-electron chi connectivity index (χ4n) is 0.229. The molecule has 1 aliphatic rings. The van der Waals surface area contributed by atoms with Gasteiger partial charge >= 0.3 is 0 Å². The van der Waals surface area contributed by atoms with Crippen molar-refractivity contribution < 1.29 is 8.85 Å². The number of rotatable bonds is 0. The van der Waals surface area contributed by atoms with E-state index >= 15 is 0 Å². The molecule has 1 heterocycles. The predicted octanol–water partition coefficient (Wildman–Crippen LogP) is 1.09. The molecule has 32 valence electrons. The molecule has 0 saturated heterocycles. The first-order valence-corrected chi connectivity index (χ1v) is 1.63. The number of hydrogen-bond acceptors (Lipinski definition) is 1. The molecule has 0 aliphatic carbocycles. The van der Waals surface area contributed by atoms with Gasteiger partial charge in [0, 0.05) is 0 Å². The Morgan fingerprint density at radius 1 is 2.00 bits per heavy atom. The van der Waals surface area contributed by atoms with Crippen molar-refractivity contribution in [3.63, 3.8) is 0 Å². The van der Waals surface area contributed by atoms with Gasteiger partial charge in [-0.15, -0.1) is 0 Å². The zero-order chi connectivity index (χ0) is 6.85. The third-order valence-corrected chi connectivity index (χ3v) is 0.440. The predicted molar refractivity (Wildman–Crippen MR) is 24.2 cm³/mol. The maximum atomic E-state index is 7.01. The van der Waals surface area contributed by atoms with Gasteiger partial charge in [0.05, 0.1) is 10.4 Å². The van der Waals surface area contributed by atoms with Crippen LogP contribution in [-0.2, 0) is 4.74 Å². The van der Waals surface area contributed by atoms with Crippen LogP contribution >= 0.6 is 0 Å². The largest absolute Gasteiger partial charge is 0.497 e. The van der Waals surface area contributed by atoms with Crippen molar-refractivity contribution >= 4 is 0 Å². The van der Waals surface area contributed by atoms with Crippen LogP contribution in [0.15, 0.2) is 24.4 Å². The fourth-order valence-corrected chi connectivity index (χ4v) is 0.229. The minimum absolute atomic E-state index is 0.0567.